The van der Waals surface area contributed by atoms with Crippen LogP contribution in [0.25, 0.3) is 0 Å². The van der Waals surface area contributed by atoms with Gasteiger partial charge in [-0.1, -0.05) is 6.07 Å². The Bertz CT molecular complexity index is 742. The van der Waals surface area contributed by atoms with Crippen molar-refractivity contribution in [1.29, 1.82) is 0 Å². The minimum Gasteiger partial charge on any atom is -0.395 e. The summed E-state index contributed by atoms with van der Waals surface area (Å²) in [4.78, 5) is 30.3. The summed E-state index contributed by atoms with van der Waals surface area (Å²) in [6.07, 6.45) is 2.03. The number of likely N-dealkylation sites (tertiary alicyclic amines) is 1. The number of pyridine rings is 1. The SMILES string of the molecule is O=C(NCc1cccs1)c1ccc(CN2CCC[C@H]2CO)[nH]c1=O. The fraction of sp³-hybridized carbons (Fsp3) is 0.412. The summed E-state index contributed by atoms with van der Waals surface area (Å²) >= 11 is 1.56. The van der Waals surface area contributed by atoms with E-state index in [9.17, 15) is 14.7 Å². The lowest BCUT2D eigenvalue weighted by atomic mass is 10.2. The summed E-state index contributed by atoms with van der Waals surface area (Å²) in [6.45, 7) is 2.05. The third kappa shape index (κ3) is 3.92. The zero-order valence-corrected chi connectivity index (χ0v) is 14.1. The summed E-state index contributed by atoms with van der Waals surface area (Å²) < 4.78 is 0. The summed E-state index contributed by atoms with van der Waals surface area (Å²) in [6, 6.07) is 7.36. The van der Waals surface area contributed by atoms with Gasteiger partial charge < -0.3 is 15.4 Å². The minimum absolute atomic E-state index is 0.121. The van der Waals surface area contributed by atoms with Crippen LogP contribution in [0.4, 0.5) is 0 Å². The van der Waals surface area contributed by atoms with Crippen molar-refractivity contribution in [3.63, 3.8) is 0 Å². The molecule has 1 fully saturated rings. The van der Waals surface area contributed by atoms with Gasteiger partial charge in [-0.2, -0.15) is 0 Å². The Labute approximate surface area is 144 Å². The third-order valence-electron chi connectivity index (χ3n) is 4.30. The Morgan fingerprint density at radius 2 is 2.29 bits per heavy atom. The van der Waals surface area contributed by atoms with Crippen LogP contribution in [0.2, 0.25) is 0 Å². The van der Waals surface area contributed by atoms with Gasteiger partial charge in [-0.25, -0.2) is 0 Å². The number of thiophene rings is 1. The van der Waals surface area contributed by atoms with E-state index in [4.69, 9.17) is 0 Å². The van der Waals surface area contributed by atoms with Crippen LogP contribution in [0.5, 0.6) is 0 Å². The molecule has 0 unspecified atom stereocenters. The largest absolute Gasteiger partial charge is 0.395 e. The Morgan fingerprint density at radius 1 is 1.42 bits per heavy atom. The number of carbonyl (C=O) groups is 1. The molecule has 3 N–H and O–H groups in total. The maximum absolute atomic E-state index is 12.2. The van der Waals surface area contributed by atoms with Gasteiger partial charge in [-0.3, -0.25) is 14.5 Å². The molecule has 0 aromatic carbocycles. The highest BCUT2D eigenvalue weighted by atomic mass is 32.1. The highest BCUT2D eigenvalue weighted by Gasteiger charge is 2.24. The van der Waals surface area contributed by atoms with Crippen LogP contribution >= 0.6 is 11.3 Å². The number of aromatic amines is 1. The molecule has 7 heteroatoms. The monoisotopic (exact) mass is 347 g/mol. The summed E-state index contributed by atoms with van der Waals surface area (Å²) in [7, 11) is 0. The molecule has 0 saturated carbocycles. The Kier molecular flexibility index (Phi) is 5.44. The van der Waals surface area contributed by atoms with Crippen molar-refractivity contribution in [1.82, 2.24) is 15.2 Å². The highest BCUT2D eigenvalue weighted by molar-refractivity contribution is 7.09. The number of nitrogens with zero attached hydrogens (tertiary/aromatic N) is 1. The Hall–Kier alpha value is -1.96. The van der Waals surface area contributed by atoms with Gasteiger partial charge in [0.05, 0.1) is 13.2 Å². The number of hydrogen-bond donors (Lipinski definition) is 3. The van der Waals surface area contributed by atoms with E-state index in [0.29, 0.717) is 13.1 Å². The molecule has 24 heavy (non-hydrogen) atoms. The van der Waals surface area contributed by atoms with E-state index in [1.807, 2.05) is 17.5 Å². The molecule has 6 nitrogen and oxygen atoms in total. The number of amides is 1. The summed E-state index contributed by atoms with van der Waals surface area (Å²) in [5.41, 5.74) is 0.501. The van der Waals surface area contributed by atoms with Crippen molar-refractivity contribution in [2.45, 2.75) is 32.0 Å². The van der Waals surface area contributed by atoms with Gasteiger partial charge in [-0.05, 0) is 43.0 Å². The van der Waals surface area contributed by atoms with Crippen LogP contribution in [0.3, 0.4) is 0 Å². The molecule has 0 aliphatic carbocycles. The topological polar surface area (TPSA) is 85.4 Å². The quantitative estimate of drug-likeness (QED) is 0.736. The van der Waals surface area contributed by atoms with E-state index >= 15 is 0 Å². The summed E-state index contributed by atoms with van der Waals surface area (Å²) in [5, 5.41) is 14.1. The maximum atomic E-state index is 12.2. The Morgan fingerprint density at radius 3 is 3.00 bits per heavy atom. The number of aromatic nitrogens is 1. The summed E-state index contributed by atoms with van der Waals surface area (Å²) in [5.74, 6) is -0.370. The molecule has 1 saturated heterocycles. The van der Waals surface area contributed by atoms with Gasteiger partial charge in [0.15, 0.2) is 0 Å². The number of rotatable bonds is 6. The van der Waals surface area contributed by atoms with E-state index in [0.717, 1.165) is 30.0 Å². The third-order valence-corrected chi connectivity index (χ3v) is 5.18. The molecule has 3 heterocycles. The molecule has 1 aliphatic rings. The molecule has 1 amide bonds. The first-order chi connectivity index (χ1) is 11.7. The first kappa shape index (κ1) is 16.9. The van der Waals surface area contributed by atoms with Crippen LogP contribution in [-0.2, 0) is 13.1 Å². The molecule has 1 atom stereocenters. The molecule has 2 aromatic heterocycles. The average Bonchev–Trinajstić information content (AvgIpc) is 3.24. The lowest BCUT2D eigenvalue weighted by molar-refractivity contribution is 0.0949. The molecule has 2 aromatic rings. The van der Waals surface area contributed by atoms with Crippen LogP contribution in [-0.4, -0.2) is 40.1 Å². The zero-order valence-electron chi connectivity index (χ0n) is 13.3. The van der Waals surface area contributed by atoms with Crippen molar-refractivity contribution in [3.05, 3.63) is 56.1 Å². The normalized spacial score (nSPS) is 18.0. The van der Waals surface area contributed by atoms with Gasteiger partial charge in [-0.15, -0.1) is 11.3 Å². The van der Waals surface area contributed by atoms with Gasteiger partial charge in [0.2, 0.25) is 0 Å². The van der Waals surface area contributed by atoms with E-state index in [2.05, 4.69) is 15.2 Å². The second-order valence-corrected chi connectivity index (χ2v) is 6.97. The van der Waals surface area contributed by atoms with Crippen LogP contribution in [0.1, 0.15) is 33.8 Å². The number of carbonyl (C=O) groups excluding carboxylic acids is 1. The fourth-order valence-corrected chi connectivity index (χ4v) is 3.63. The van der Waals surface area contributed by atoms with E-state index in [1.54, 1.807) is 23.5 Å². The first-order valence-electron chi connectivity index (χ1n) is 8.05. The van der Waals surface area contributed by atoms with Gasteiger partial charge in [0, 0.05) is 23.2 Å². The number of H-pyrrole nitrogens is 1. The van der Waals surface area contributed by atoms with E-state index < -0.39 is 0 Å². The standard InChI is InChI=1S/C17H21N3O3S/c21-11-13-3-1-7-20(13)10-12-5-6-15(17(23)19-12)16(22)18-9-14-4-2-8-24-14/h2,4-6,8,13,21H,1,3,7,9-11H2,(H,18,22)(H,19,23)/t13-/m0/s1. The molecule has 128 valence electrons. The van der Waals surface area contributed by atoms with Crippen molar-refractivity contribution >= 4 is 17.2 Å². The predicted molar refractivity (Wildman–Crippen MR) is 93.1 cm³/mol. The molecule has 3 rings (SSSR count). The number of hydrogen-bond acceptors (Lipinski definition) is 5. The van der Waals surface area contributed by atoms with Crippen LogP contribution in [0.15, 0.2) is 34.4 Å². The fourth-order valence-electron chi connectivity index (χ4n) is 2.99. The highest BCUT2D eigenvalue weighted by Crippen LogP contribution is 2.18. The maximum Gasteiger partial charge on any atom is 0.261 e. The molecular formula is C17H21N3O3S. The second kappa shape index (κ2) is 7.74. The van der Waals surface area contributed by atoms with E-state index in [-0.39, 0.29) is 29.7 Å². The average molecular weight is 347 g/mol. The van der Waals surface area contributed by atoms with Crippen LogP contribution in [0, 0.1) is 0 Å². The van der Waals surface area contributed by atoms with Crippen molar-refractivity contribution in [2.24, 2.45) is 0 Å². The molecular weight excluding hydrogens is 326 g/mol. The minimum atomic E-state index is -0.379. The molecule has 0 spiro atoms. The smallest absolute Gasteiger partial charge is 0.261 e. The molecule has 1 aliphatic heterocycles. The number of aliphatic hydroxyl groups excluding tert-OH is 1. The van der Waals surface area contributed by atoms with Crippen LogP contribution < -0.4 is 10.9 Å². The van der Waals surface area contributed by atoms with Gasteiger partial charge in [0.25, 0.3) is 11.5 Å². The molecule has 0 bridgehead atoms. The number of nitrogens with one attached hydrogen (secondary N) is 2. The van der Waals surface area contributed by atoms with Gasteiger partial charge >= 0.3 is 0 Å². The predicted octanol–water partition coefficient (Wildman–Crippen LogP) is 1.32. The van der Waals surface area contributed by atoms with Crippen molar-refractivity contribution in [3.8, 4) is 0 Å². The van der Waals surface area contributed by atoms with Gasteiger partial charge in [0.1, 0.15) is 5.56 Å². The lowest BCUT2D eigenvalue weighted by Gasteiger charge is -2.22. The van der Waals surface area contributed by atoms with Crippen molar-refractivity contribution < 1.29 is 9.90 Å². The van der Waals surface area contributed by atoms with E-state index in [1.165, 1.54) is 0 Å². The zero-order chi connectivity index (χ0) is 16.9. The lowest BCUT2D eigenvalue weighted by Crippen LogP contribution is -2.33. The number of aliphatic hydroxyl groups is 1. The Balaban J connectivity index is 1.63. The first-order valence-corrected chi connectivity index (χ1v) is 8.93. The molecule has 0 radical (unpaired) electrons. The van der Waals surface area contributed by atoms with Crippen molar-refractivity contribution in [2.75, 3.05) is 13.2 Å². The second-order valence-electron chi connectivity index (χ2n) is 5.94.